The molecule has 1 aliphatic rings. The number of anilines is 1. The topological polar surface area (TPSA) is 50.4 Å². The fraction of sp³-hybridized carbons (Fsp3) is 0.235. The summed E-state index contributed by atoms with van der Waals surface area (Å²) in [6, 6.07) is 12.8. The Morgan fingerprint density at radius 3 is 2.26 bits per heavy atom. The first-order chi connectivity index (χ1) is 10.7. The van der Waals surface area contributed by atoms with Gasteiger partial charge in [-0.15, -0.1) is 12.4 Å². The zero-order chi connectivity index (χ0) is 15.4. The molecule has 0 saturated carbocycles. The molecule has 0 bridgehead atoms. The average molecular weight is 337 g/mol. The quantitative estimate of drug-likeness (QED) is 0.894. The third-order valence-corrected chi connectivity index (χ3v) is 3.55. The average Bonchev–Trinajstić information content (AvgIpc) is 3.06. The molecule has 0 aliphatic carbocycles. The molecular weight excluding hydrogens is 319 g/mol. The number of amides is 1. The van der Waals surface area contributed by atoms with Gasteiger partial charge in [0.15, 0.2) is 0 Å². The SMILES string of the molecule is Cl.O=C(Nc1ccc(Oc2ccc(F)cc2)cc1)C1CCCN1. The Kier molecular flexibility index (Phi) is 5.96. The number of hydrogen-bond donors (Lipinski definition) is 2. The van der Waals surface area contributed by atoms with Crippen molar-refractivity contribution in [2.45, 2.75) is 18.9 Å². The van der Waals surface area contributed by atoms with E-state index in [-0.39, 0.29) is 30.2 Å². The normalized spacial score (nSPS) is 16.5. The van der Waals surface area contributed by atoms with Crippen LogP contribution in [-0.2, 0) is 4.79 Å². The van der Waals surface area contributed by atoms with Crippen LogP contribution in [0.25, 0.3) is 0 Å². The van der Waals surface area contributed by atoms with Gasteiger partial charge in [0.1, 0.15) is 17.3 Å². The minimum atomic E-state index is -0.300. The molecular formula is C17H18ClFN2O2. The Hall–Kier alpha value is -2.11. The molecule has 6 heteroatoms. The number of nitrogens with one attached hydrogen (secondary N) is 2. The second-order valence-corrected chi connectivity index (χ2v) is 5.22. The fourth-order valence-electron chi connectivity index (χ4n) is 2.38. The zero-order valence-electron chi connectivity index (χ0n) is 12.4. The van der Waals surface area contributed by atoms with Gasteiger partial charge in [-0.3, -0.25) is 4.79 Å². The zero-order valence-corrected chi connectivity index (χ0v) is 13.2. The van der Waals surface area contributed by atoms with Gasteiger partial charge in [0.25, 0.3) is 0 Å². The highest BCUT2D eigenvalue weighted by atomic mass is 35.5. The minimum Gasteiger partial charge on any atom is -0.457 e. The molecule has 2 N–H and O–H groups in total. The van der Waals surface area contributed by atoms with Crippen molar-refractivity contribution in [3.63, 3.8) is 0 Å². The highest BCUT2D eigenvalue weighted by Crippen LogP contribution is 2.23. The van der Waals surface area contributed by atoms with Gasteiger partial charge >= 0.3 is 0 Å². The summed E-state index contributed by atoms with van der Waals surface area (Å²) in [7, 11) is 0. The molecule has 2 aromatic rings. The van der Waals surface area contributed by atoms with Gasteiger partial charge in [-0.2, -0.15) is 0 Å². The summed E-state index contributed by atoms with van der Waals surface area (Å²) in [5.74, 6) is 0.882. The molecule has 1 heterocycles. The van der Waals surface area contributed by atoms with Gasteiger partial charge in [-0.25, -0.2) is 4.39 Å². The number of halogens is 2. The molecule has 4 nitrogen and oxygen atoms in total. The Morgan fingerprint density at radius 1 is 1.09 bits per heavy atom. The predicted molar refractivity (Wildman–Crippen MR) is 89.8 cm³/mol. The van der Waals surface area contributed by atoms with Crippen LogP contribution in [-0.4, -0.2) is 18.5 Å². The standard InChI is InChI=1S/C17H17FN2O2.ClH/c18-12-3-7-14(8-4-12)22-15-9-5-13(6-10-15)20-17(21)16-2-1-11-19-16;/h3-10,16,19H,1-2,11H2,(H,20,21);1H. The molecule has 3 rings (SSSR count). The van der Waals surface area contributed by atoms with E-state index in [1.165, 1.54) is 12.1 Å². The summed E-state index contributed by atoms with van der Waals surface area (Å²) in [5, 5.41) is 6.03. The molecule has 1 fully saturated rings. The minimum absolute atomic E-state index is 0. The van der Waals surface area contributed by atoms with Crippen molar-refractivity contribution in [1.82, 2.24) is 5.32 Å². The van der Waals surface area contributed by atoms with Crippen molar-refractivity contribution in [3.05, 3.63) is 54.3 Å². The van der Waals surface area contributed by atoms with Crippen LogP contribution in [0.1, 0.15) is 12.8 Å². The molecule has 1 atom stereocenters. The van der Waals surface area contributed by atoms with Crippen LogP contribution in [0, 0.1) is 5.82 Å². The number of hydrogen-bond acceptors (Lipinski definition) is 3. The predicted octanol–water partition coefficient (Wildman–Crippen LogP) is 3.73. The van der Waals surface area contributed by atoms with E-state index in [0.717, 1.165) is 25.1 Å². The molecule has 1 unspecified atom stereocenters. The van der Waals surface area contributed by atoms with Gasteiger partial charge in [-0.05, 0) is 67.9 Å². The Balaban J connectivity index is 0.00000192. The number of benzene rings is 2. The second kappa shape index (κ2) is 7.94. The monoisotopic (exact) mass is 336 g/mol. The van der Waals surface area contributed by atoms with E-state index in [4.69, 9.17) is 4.74 Å². The molecule has 0 aromatic heterocycles. The highest BCUT2D eigenvalue weighted by Gasteiger charge is 2.21. The molecule has 0 spiro atoms. The summed E-state index contributed by atoms with van der Waals surface area (Å²) in [6.07, 6.45) is 1.90. The van der Waals surface area contributed by atoms with E-state index < -0.39 is 0 Å². The van der Waals surface area contributed by atoms with E-state index in [0.29, 0.717) is 11.5 Å². The molecule has 1 amide bonds. The first-order valence-corrected chi connectivity index (χ1v) is 7.28. The third kappa shape index (κ3) is 4.68. The van der Waals surface area contributed by atoms with Crippen LogP contribution >= 0.6 is 12.4 Å². The van der Waals surface area contributed by atoms with Crippen LogP contribution in [0.5, 0.6) is 11.5 Å². The van der Waals surface area contributed by atoms with E-state index in [1.54, 1.807) is 36.4 Å². The lowest BCUT2D eigenvalue weighted by Gasteiger charge is -2.11. The van der Waals surface area contributed by atoms with Gasteiger partial charge in [0.05, 0.1) is 6.04 Å². The van der Waals surface area contributed by atoms with Crippen molar-refractivity contribution < 1.29 is 13.9 Å². The van der Waals surface area contributed by atoms with Gasteiger partial charge < -0.3 is 15.4 Å². The number of carbonyl (C=O) groups is 1. The highest BCUT2D eigenvalue weighted by molar-refractivity contribution is 5.95. The second-order valence-electron chi connectivity index (χ2n) is 5.22. The Bertz CT molecular complexity index is 641. The lowest BCUT2D eigenvalue weighted by atomic mass is 10.2. The molecule has 1 aliphatic heterocycles. The molecule has 0 radical (unpaired) electrons. The lowest BCUT2D eigenvalue weighted by Crippen LogP contribution is -2.35. The van der Waals surface area contributed by atoms with E-state index in [2.05, 4.69) is 10.6 Å². The molecule has 23 heavy (non-hydrogen) atoms. The van der Waals surface area contributed by atoms with Crippen molar-refractivity contribution in [2.75, 3.05) is 11.9 Å². The van der Waals surface area contributed by atoms with Crippen molar-refractivity contribution >= 4 is 24.0 Å². The summed E-state index contributed by atoms with van der Waals surface area (Å²) in [6.45, 7) is 0.891. The van der Waals surface area contributed by atoms with Crippen LogP contribution < -0.4 is 15.4 Å². The third-order valence-electron chi connectivity index (χ3n) is 3.55. The maximum Gasteiger partial charge on any atom is 0.241 e. The van der Waals surface area contributed by atoms with Crippen molar-refractivity contribution in [1.29, 1.82) is 0 Å². The summed E-state index contributed by atoms with van der Waals surface area (Å²) >= 11 is 0. The molecule has 2 aromatic carbocycles. The molecule has 122 valence electrons. The fourth-order valence-corrected chi connectivity index (χ4v) is 2.38. The van der Waals surface area contributed by atoms with Crippen molar-refractivity contribution in [3.8, 4) is 11.5 Å². The van der Waals surface area contributed by atoms with E-state index in [9.17, 15) is 9.18 Å². The van der Waals surface area contributed by atoms with Gasteiger partial charge in [0, 0.05) is 5.69 Å². The molecule has 1 saturated heterocycles. The first kappa shape index (κ1) is 17.2. The summed E-state index contributed by atoms with van der Waals surface area (Å²) in [4.78, 5) is 12.0. The maximum atomic E-state index is 12.8. The van der Waals surface area contributed by atoms with Crippen LogP contribution in [0.2, 0.25) is 0 Å². The van der Waals surface area contributed by atoms with Crippen molar-refractivity contribution in [2.24, 2.45) is 0 Å². The largest absolute Gasteiger partial charge is 0.457 e. The van der Waals surface area contributed by atoms with Gasteiger partial charge in [-0.1, -0.05) is 0 Å². The van der Waals surface area contributed by atoms with E-state index >= 15 is 0 Å². The Labute approximate surface area is 140 Å². The van der Waals surface area contributed by atoms with E-state index in [1.807, 2.05) is 0 Å². The Morgan fingerprint density at radius 2 is 1.70 bits per heavy atom. The first-order valence-electron chi connectivity index (χ1n) is 7.28. The summed E-state index contributed by atoms with van der Waals surface area (Å²) in [5.41, 5.74) is 0.727. The van der Waals surface area contributed by atoms with Crippen LogP contribution in [0.15, 0.2) is 48.5 Å². The number of carbonyl (C=O) groups excluding carboxylic acids is 1. The summed E-state index contributed by atoms with van der Waals surface area (Å²) < 4.78 is 18.4. The van der Waals surface area contributed by atoms with Crippen LogP contribution in [0.4, 0.5) is 10.1 Å². The lowest BCUT2D eigenvalue weighted by molar-refractivity contribution is -0.117. The maximum absolute atomic E-state index is 12.8. The van der Waals surface area contributed by atoms with Gasteiger partial charge in [0.2, 0.25) is 5.91 Å². The van der Waals surface area contributed by atoms with Crippen LogP contribution in [0.3, 0.4) is 0 Å². The smallest absolute Gasteiger partial charge is 0.241 e. The number of ether oxygens (including phenoxy) is 1. The number of rotatable bonds is 4.